The maximum atomic E-state index is 12.2. The van der Waals surface area contributed by atoms with Gasteiger partial charge in [0.1, 0.15) is 23.3 Å². The van der Waals surface area contributed by atoms with Crippen LogP contribution in [-0.4, -0.2) is 46.7 Å². The molecular weight excluding hydrogens is 396 g/mol. The van der Waals surface area contributed by atoms with E-state index in [1.54, 1.807) is 6.07 Å². The second-order valence-corrected chi connectivity index (χ2v) is 7.69. The lowest BCUT2D eigenvalue weighted by atomic mass is 9.80. The molecule has 0 radical (unpaired) electrons. The van der Waals surface area contributed by atoms with Crippen LogP contribution >= 0.6 is 0 Å². The number of likely N-dealkylation sites (N-methyl/N-ethyl adjacent to an activating group) is 1. The summed E-state index contributed by atoms with van der Waals surface area (Å²) in [5.41, 5.74) is 1.43. The first-order valence-corrected chi connectivity index (χ1v) is 9.79. The predicted octanol–water partition coefficient (Wildman–Crippen LogP) is 2.96. The van der Waals surface area contributed by atoms with E-state index in [1.165, 1.54) is 12.3 Å². The van der Waals surface area contributed by atoms with Crippen LogP contribution in [0.1, 0.15) is 31.3 Å². The maximum Gasteiger partial charge on any atom is 0.388 e. The molecule has 3 heterocycles. The number of carbonyl (C=O) groups excluding carboxylic acids is 1. The van der Waals surface area contributed by atoms with E-state index in [9.17, 15) is 13.6 Å². The van der Waals surface area contributed by atoms with Crippen LogP contribution in [0.4, 0.5) is 20.3 Å². The number of aromatic nitrogens is 3. The molecule has 0 unspecified atom stereocenters. The van der Waals surface area contributed by atoms with Crippen molar-refractivity contribution in [1.82, 2.24) is 15.0 Å². The van der Waals surface area contributed by atoms with E-state index in [-0.39, 0.29) is 23.9 Å². The minimum Gasteiger partial charge on any atom is -0.489 e. The third-order valence-electron chi connectivity index (χ3n) is 5.55. The van der Waals surface area contributed by atoms with Crippen LogP contribution in [-0.2, 0) is 11.2 Å². The van der Waals surface area contributed by atoms with Gasteiger partial charge in [0, 0.05) is 19.5 Å². The summed E-state index contributed by atoms with van der Waals surface area (Å²) in [4.78, 5) is 26.9. The molecule has 1 aliphatic carbocycles. The number of nitrogens with one attached hydrogen (secondary N) is 1. The van der Waals surface area contributed by atoms with Crippen molar-refractivity contribution in [2.75, 3.05) is 17.3 Å². The molecule has 0 saturated heterocycles. The van der Waals surface area contributed by atoms with Gasteiger partial charge in [-0.05, 0) is 38.7 Å². The van der Waals surface area contributed by atoms with Crippen molar-refractivity contribution in [2.24, 2.45) is 5.92 Å². The lowest BCUT2D eigenvalue weighted by molar-refractivity contribution is -0.117. The van der Waals surface area contributed by atoms with Crippen LogP contribution < -0.4 is 19.7 Å². The quantitative estimate of drug-likeness (QED) is 0.770. The minimum atomic E-state index is -2.90. The molecule has 1 atom stereocenters. The SMILES string of the molecule is Cc1nc(CC2CC(Oc3ccc(OC(F)F)nc3)C2)nc2c1NC(=O)[C@H](C)N2C. The number of hydrogen-bond donors (Lipinski definition) is 1. The molecule has 30 heavy (non-hydrogen) atoms. The number of hydrogen-bond acceptors (Lipinski definition) is 7. The number of ether oxygens (including phenoxy) is 2. The van der Waals surface area contributed by atoms with Crippen molar-refractivity contribution in [3.8, 4) is 11.6 Å². The Hall–Kier alpha value is -3.04. The summed E-state index contributed by atoms with van der Waals surface area (Å²) < 4.78 is 34.4. The van der Waals surface area contributed by atoms with Gasteiger partial charge in [-0.25, -0.2) is 15.0 Å². The standard InChI is InChI=1S/C20H23F2N5O3/c1-10-17-18(27(3)11(2)19(28)26-17)25-15(24-10)8-12-6-14(7-12)29-13-4-5-16(23-9-13)30-20(21)22/h4-5,9,11-12,14,20H,6-8H2,1-3H3,(H,26,28)/t11-,12?,14?/m0/s1. The summed E-state index contributed by atoms with van der Waals surface area (Å²) in [5, 5.41) is 2.88. The highest BCUT2D eigenvalue weighted by atomic mass is 19.3. The molecule has 2 aromatic rings. The fraction of sp³-hybridized carbons (Fsp3) is 0.500. The highest BCUT2D eigenvalue weighted by Crippen LogP contribution is 2.36. The van der Waals surface area contributed by atoms with E-state index in [0.717, 1.165) is 36.6 Å². The van der Waals surface area contributed by atoms with Gasteiger partial charge in [0.25, 0.3) is 0 Å². The van der Waals surface area contributed by atoms with Crippen LogP contribution in [0.5, 0.6) is 11.6 Å². The number of pyridine rings is 1. The highest BCUT2D eigenvalue weighted by Gasteiger charge is 2.34. The van der Waals surface area contributed by atoms with Gasteiger partial charge in [-0.3, -0.25) is 4.79 Å². The third-order valence-corrected chi connectivity index (χ3v) is 5.55. The Kier molecular flexibility index (Phi) is 5.40. The number of alkyl halides is 2. The van der Waals surface area contributed by atoms with Gasteiger partial charge in [-0.2, -0.15) is 8.78 Å². The normalized spacial score (nSPS) is 22.9. The average molecular weight is 419 g/mol. The van der Waals surface area contributed by atoms with Crippen LogP contribution in [0.25, 0.3) is 0 Å². The topological polar surface area (TPSA) is 89.5 Å². The summed E-state index contributed by atoms with van der Waals surface area (Å²) in [6.07, 6.45) is 3.84. The Balaban J connectivity index is 1.33. The number of fused-ring (bicyclic) bond motifs is 1. The molecule has 1 N–H and O–H groups in total. The van der Waals surface area contributed by atoms with Crippen molar-refractivity contribution in [3.63, 3.8) is 0 Å². The molecule has 1 fully saturated rings. The van der Waals surface area contributed by atoms with Crippen molar-refractivity contribution in [2.45, 2.75) is 51.9 Å². The molecule has 2 aromatic heterocycles. The first kappa shape index (κ1) is 20.2. The predicted molar refractivity (Wildman–Crippen MR) is 105 cm³/mol. The highest BCUT2D eigenvalue weighted by molar-refractivity contribution is 6.02. The van der Waals surface area contributed by atoms with Gasteiger partial charge >= 0.3 is 6.61 Å². The van der Waals surface area contributed by atoms with Crippen molar-refractivity contribution in [1.29, 1.82) is 0 Å². The number of aryl methyl sites for hydroxylation is 1. The smallest absolute Gasteiger partial charge is 0.388 e. The lowest BCUT2D eigenvalue weighted by Gasteiger charge is -2.36. The molecule has 1 saturated carbocycles. The fourth-order valence-electron chi connectivity index (χ4n) is 3.68. The zero-order chi connectivity index (χ0) is 21.4. The monoisotopic (exact) mass is 419 g/mol. The zero-order valence-corrected chi connectivity index (χ0v) is 16.9. The van der Waals surface area contributed by atoms with E-state index in [1.807, 2.05) is 25.8 Å². The molecule has 0 aromatic carbocycles. The van der Waals surface area contributed by atoms with Crippen LogP contribution in [0, 0.1) is 12.8 Å². The summed E-state index contributed by atoms with van der Waals surface area (Å²) in [6, 6.07) is 2.64. The lowest BCUT2D eigenvalue weighted by Crippen LogP contribution is -2.45. The summed E-state index contributed by atoms with van der Waals surface area (Å²) in [6.45, 7) is 0.810. The second-order valence-electron chi connectivity index (χ2n) is 7.69. The molecule has 8 nitrogen and oxygen atoms in total. The van der Waals surface area contributed by atoms with Gasteiger partial charge in [-0.1, -0.05) is 0 Å². The summed E-state index contributed by atoms with van der Waals surface area (Å²) in [7, 11) is 1.86. The third kappa shape index (κ3) is 4.12. The number of anilines is 2. The van der Waals surface area contributed by atoms with Gasteiger partial charge in [0.15, 0.2) is 5.82 Å². The van der Waals surface area contributed by atoms with E-state index >= 15 is 0 Å². The summed E-state index contributed by atoms with van der Waals surface area (Å²) in [5.74, 6) is 2.20. The summed E-state index contributed by atoms with van der Waals surface area (Å²) >= 11 is 0. The number of carbonyl (C=O) groups is 1. The number of nitrogens with zero attached hydrogens (tertiary/aromatic N) is 4. The molecule has 1 amide bonds. The second kappa shape index (κ2) is 8.00. The van der Waals surface area contributed by atoms with E-state index < -0.39 is 6.61 Å². The van der Waals surface area contributed by atoms with E-state index in [2.05, 4.69) is 25.0 Å². The number of rotatable bonds is 6. The largest absolute Gasteiger partial charge is 0.489 e. The molecule has 4 rings (SSSR count). The van der Waals surface area contributed by atoms with Gasteiger partial charge in [-0.15, -0.1) is 0 Å². The van der Waals surface area contributed by atoms with Gasteiger partial charge in [0.05, 0.1) is 18.0 Å². The first-order valence-electron chi connectivity index (χ1n) is 9.79. The van der Waals surface area contributed by atoms with E-state index in [4.69, 9.17) is 4.74 Å². The maximum absolute atomic E-state index is 12.2. The van der Waals surface area contributed by atoms with Crippen molar-refractivity contribution in [3.05, 3.63) is 29.8 Å². The Morgan fingerprint density at radius 3 is 2.73 bits per heavy atom. The Bertz CT molecular complexity index is 935. The van der Waals surface area contributed by atoms with Crippen LogP contribution in [0.3, 0.4) is 0 Å². The number of halogens is 2. The molecule has 1 aliphatic heterocycles. The van der Waals surface area contributed by atoms with Crippen LogP contribution in [0.15, 0.2) is 18.3 Å². The first-order chi connectivity index (χ1) is 14.3. The number of amides is 1. The molecule has 0 spiro atoms. The average Bonchev–Trinajstić information content (AvgIpc) is 2.66. The Labute approximate surface area is 172 Å². The Morgan fingerprint density at radius 2 is 2.07 bits per heavy atom. The minimum absolute atomic E-state index is 0.0411. The molecule has 0 bridgehead atoms. The van der Waals surface area contributed by atoms with Gasteiger partial charge < -0.3 is 19.7 Å². The molecular formula is C20H23F2N5O3. The van der Waals surface area contributed by atoms with Gasteiger partial charge in [0.2, 0.25) is 11.8 Å². The molecule has 2 aliphatic rings. The molecule has 10 heteroatoms. The van der Waals surface area contributed by atoms with Crippen molar-refractivity contribution < 1.29 is 23.0 Å². The van der Waals surface area contributed by atoms with Crippen LogP contribution in [0.2, 0.25) is 0 Å². The zero-order valence-electron chi connectivity index (χ0n) is 16.9. The fourth-order valence-corrected chi connectivity index (χ4v) is 3.68. The van der Waals surface area contributed by atoms with E-state index in [0.29, 0.717) is 17.4 Å². The Morgan fingerprint density at radius 1 is 1.30 bits per heavy atom. The van der Waals surface area contributed by atoms with Crippen molar-refractivity contribution >= 4 is 17.4 Å². The molecule has 160 valence electrons.